The van der Waals surface area contributed by atoms with Gasteiger partial charge in [0.2, 0.25) is 0 Å². The highest BCUT2D eigenvalue weighted by molar-refractivity contribution is 5.84. The highest BCUT2D eigenvalue weighted by atomic mass is 16.5. The first-order chi connectivity index (χ1) is 11.0. The lowest BCUT2D eigenvalue weighted by molar-refractivity contribution is 0.145. The van der Waals surface area contributed by atoms with Gasteiger partial charge in [-0.2, -0.15) is 9.55 Å². The number of hydrogen-bond acceptors (Lipinski definition) is 5. The van der Waals surface area contributed by atoms with Crippen molar-refractivity contribution in [3.63, 3.8) is 0 Å². The van der Waals surface area contributed by atoms with Crippen LogP contribution in [0, 0.1) is 0 Å². The Labute approximate surface area is 133 Å². The molecule has 0 aliphatic carbocycles. The van der Waals surface area contributed by atoms with Crippen LogP contribution >= 0.6 is 0 Å². The first kappa shape index (κ1) is 17.0. The van der Waals surface area contributed by atoms with E-state index in [9.17, 15) is 14.4 Å². The molecule has 2 aromatic rings. The van der Waals surface area contributed by atoms with E-state index in [0.29, 0.717) is 0 Å². The number of nitrogens with zero attached hydrogens (tertiary/aromatic N) is 3. The summed E-state index contributed by atoms with van der Waals surface area (Å²) in [5.74, 6) is 0. The molecule has 0 aliphatic rings. The summed E-state index contributed by atoms with van der Waals surface area (Å²) in [7, 11) is 0. The molecule has 23 heavy (non-hydrogen) atoms. The van der Waals surface area contributed by atoms with Gasteiger partial charge in [0.05, 0.1) is 12.8 Å². The number of carbonyl (C=O) groups is 1. The zero-order valence-electron chi connectivity index (χ0n) is 13.7. The van der Waals surface area contributed by atoms with Gasteiger partial charge in [-0.3, -0.25) is 9.55 Å². The van der Waals surface area contributed by atoms with E-state index >= 15 is 0 Å². The van der Waals surface area contributed by atoms with Crippen LogP contribution in [0.15, 0.2) is 15.8 Å². The maximum atomic E-state index is 12.5. The maximum Gasteiger partial charge on any atom is 0.422 e. The zero-order valence-corrected chi connectivity index (χ0v) is 13.7. The van der Waals surface area contributed by atoms with Crippen LogP contribution in [0.25, 0.3) is 11.2 Å². The smallest absolute Gasteiger partial charge is 0.422 e. The van der Waals surface area contributed by atoms with Gasteiger partial charge < -0.3 is 4.74 Å². The van der Waals surface area contributed by atoms with Crippen molar-refractivity contribution < 1.29 is 9.53 Å². The molecule has 126 valence electrons. The van der Waals surface area contributed by atoms with Crippen molar-refractivity contribution in [1.82, 2.24) is 19.1 Å². The van der Waals surface area contributed by atoms with Crippen LogP contribution in [0.5, 0.6) is 0 Å². The van der Waals surface area contributed by atoms with Gasteiger partial charge in [-0.25, -0.2) is 14.4 Å². The highest BCUT2D eigenvalue weighted by Gasteiger charge is 2.21. The summed E-state index contributed by atoms with van der Waals surface area (Å²) < 4.78 is 7.44. The number of rotatable bonds is 6. The van der Waals surface area contributed by atoms with Crippen LogP contribution in [-0.2, 0) is 4.74 Å². The summed E-state index contributed by atoms with van der Waals surface area (Å²) >= 11 is 0. The predicted octanol–water partition coefficient (Wildman–Crippen LogP) is 2.03. The van der Waals surface area contributed by atoms with Crippen molar-refractivity contribution in [2.45, 2.75) is 52.5 Å². The van der Waals surface area contributed by atoms with Crippen LogP contribution in [0.2, 0.25) is 0 Å². The van der Waals surface area contributed by atoms with Crippen molar-refractivity contribution >= 4 is 17.3 Å². The number of hydrogen-bond donors (Lipinski definition) is 1. The molecule has 0 spiro atoms. The van der Waals surface area contributed by atoms with E-state index in [1.54, 1.807) is 13.8 Å². The van der Waals surface area contributed by atoms with Crippen LogP contribution in [-0.4, -0.2) is 31.8 Å². The largest absolute Gasteiger partial charge is 0.449 e. The summed E-state index contributed by atoms with van der Waals surface area (Å²) in [5.41, 5.74) is -0.607. The van der Waals surface area contributed by atoms with E-state index in [1.165, 1.54) is 10.8 Å². The lowest BCUT2D eigenvalue weighted by atomic mass is 10.2. The number of aromatic nitrogens is 4. The molecule has 0 atom stereocenters. The zero-order chi connectivity index (χ0) is 17.0. The van der Waals surface area contributed by atoms with E-state index in [4.69, 9.17) is 4.74 Å². The van der Waals surface area contributed by atoms with Gasteiger partial charge in [-0.05, 0) is 20.3 Å². The van der Waals surface area contributed by atoms with Gasteiger partial charge in [0, 0.05) is 6.04 Å². The van der Waals surface area contributed by atoms with Gasteiger partial charge in [-0.1, -0.05) is 26.2 Å². The fraction of sp³-hybridized carbons (Fsp3) is 0.600. The predicted molar refractivity (Wildman–Crippen MR) is 85.9 cm³/mol. The lowest BCUT2D eigenvalue weighted by Crippen LogP contribution is -2.30. The molecule has 0 aromatic carbocycles. The molecule has 0 fully saturated rings. The van der Waals surface area contributed by atoms with Gasteiger partial charge in [0.25, 0.3) is 0 Å². The average molecular weight is 322 g/mol. The Hall–Kier alpha value is -2.38. The molecule has 0 bridgehead atoms. The molecule has 2 rings (SSSR count). The number of ether oxygens (including phenoxy) is 1. The van der Waals surface area contributed by atoms with E-state index in [2.05, 4.69) is 16.9 Å². The van der Waals surface area contributed by atoms with Crippen molar-refractivity contribution in [3.05, 3.63) is 27.2 Å². The number of fused-ring (bicyclic) bond motifs is 1. The molecular weight excluding hydrogens is 300 g/mol. The normalized spacial score (nSPS) is 11.3. The Morgan fingerprint density at radius 1 is 1.30 bits per heavy atom. The second-order valence-corrected chi connectivity index (χ2v) is 5.68. The Morgan fingerprint density at radius 2 is 2.04 bits per heavy atom. The quantitative estimate of drug-likeness (QED) is 0.820. The van der Waals surface area contributed by atoms with Crippen molar-refractivity contribution in [2.75, 3.05) is 6.61 Å². The molecule has 8 heteroatoms. The van der Waals surface area contributed by atoms with E-state index in [0.717, 1.165) is 30.3 Å². The molecular formula is C15H22N4O4. The summed E-state index contributed by atoms with van der Waals surface area (Å²) in [4.78, 5) is 42.2. The van der Waals surface area contributed by atoms with Gasteiger partial charge >= 0.3 is 17.5 Å². The van der Waals surface area contributed by atoms with E-state index < -0.39 is 17.5 Å². The minimum absolute atomic E-state index is 0.221. The van der Waals surface area contributed by atoms with Crippen LogP contribution in [0.1, 0.15) is 52.5 Å². The molecule has 8 nitrogen and oxygen atoms in total. The second-order valence-electron chi connectivity index (χ2n) is 5.68. The Morgan fingerprint density at radius 3 is 2.70 bits per heavy atom. The Bertz CT molecular complexity index is 800. The van der Waals surface area contributed by atoms with Crippen LogP contribution < -0.4 is 11.4 Å². The molecule has 0 aliphatic heterocycles. The highest BCUT2D eigenvalue weighted by Crippen LogP contribution is 2.13. The minimum atomic E-state index is -0.746. The van der Waals surface area contributed by atoms with Gasteiger partial charge in [-0.15, -0.1) is 0 Å². The SMILES string of the molecule is CCCCCCOC(=O)n1c(=O)n(C(C)C)c2[nH]c(=O)ncc21. The summed E-state index contributed by atoms with van der Waals surface area (Å²) in [6.07, 6.45) is 4.37. The number of H-pyrrole nitrogens is 1. The number of nitrogens with one attached hydrogen (secondary N) is 1. The second kappa shape index (κ2) is 7.26. The number of carbonyl (C=O) groups excluding carboxylic acids is 1. The first-order valence-corrected chi connectivity index (χ1v) is 7.86. The first-order valence-electron chi connectivity index (χ1n) is 7.86. The van der Waals surface area contributed by atoms with Crippen molar-refractivity contribution in [2.24, 2.45) is 0 Å². The molecule has 0 saturated carbocycles. The number of aromatic amines is 1. The molecule has 2 heterocycles. The third kappa shape index (κ3) is 3.52. The van der Waals surface area contributed by atoms with E-state index in [1.807, 2.05) is 0 Å². The Kier molecular flexibility index (Phi) is 5.36. The molecule has 0 unspecified atom stereocenters. The average Bonchev–Trinajstić information content (AvgIpc) is 2.78. The van der Waals surface area contributed by atoms with E-state index in [-0.39, 0.29) is 23.8 Å². The monoisotopic (exact) mass is 322 g/mol. The van der Waals surface area contributed by atoms with Gasteiger partial charge in [0.1, 0.15) is 11.2 Å². The van der Waals surface area contributed by atoms with Crippen molar-refractivity contribution in [3.8, 4) is 0 Å². The third-order valence-electron chi connectivity index (χ3n) is 3.57. The number of imidazole rings is 1. The minimum Gasteiger partial charge on any atom is -0.449 e. The fourth-order valence-electron chi connectivity index (χ4n) is 2.44. The fourth-order valence-corrected chi connectivity index (χ4v) is 2.44. The van der Waals surface area contributed by atoms with Crippen molar-refractivity contribution in [1.29, 1.82) is 0 Å². The standard InChI is InChI=1S/C15H22N4O4/c1-4-5-6-7-8-23-15(22)19-11-9-16-13(20)17-12(11)18(10(2)3)14(19)21/h9-10H,4-8H2,1-3H3,(H,16,17,20). The van der Waals surface area contributed by atoms with Crippen LogP contribution in [0.3, 0.4) is 0 Å². The van der Waals surface area contributed by atoms with Crippen LogP contribution in [0.4, 0.5) is 4.79 Å². The molecule has 2 aromatic heterocycles. The number of unbranched alkanes of at least 4 members (excludes halogenated alkanes) is 3. The van der Waals surface area contributed by atoms with Gasteiger partial charge in [0.15, 0.2) is 0 Å². The topological polar surface area (TPSA) is 99.0 Å². The Balaban J connectivity index is 2.33. The maximum absolute atomic E-state index is 12.5. The summed E-state index contributed by atoms with van der Waals surface area (Å²) in [6.45, 7) is 5.94. The summed E-state index contributed by atoms with van der Waals surface area (Å²) in [5, 5.41) is 0. The molecule has 0 radical (unpaired) electrons. The molecule has 1 N–H and O–H groups in total. The lowest BCUT2D eigenvalue weighted by Gasteiger charge is -2.06. The molecule has 0 saturated heterocycles. The summed E-state index contributed by atoms with van der Waals surface area (Å²) in [6, 6.07) is -0.221. The third-order valence-corrected chi connectivity index (χ3v) is 3.57. The molecule has 0 amide bonds.